The fraction of sp³-hybridized carbons (Fsp3) is 0.875. The van der Waals surface area contributed by atoms with Gasteiger partial charge in [0.1, 0.15) is 0 Å². The van der Waals surface area contributed by atoms with Gasteiger partial charge >= 0.3 is 60.1 Å². The van der Waals surface area contributed by atoms with Crippen LogP contribution in [0.2, 0.25) is 0 Å². The molecule has 0 aliphatic carbocycles. The lowest BCUT2D eigenvalue weighted by Crippen LogP contribution is -2.56. The van der Waals surface area contributed by atoms with E-state index in [1.54, 1.807) is 0 Å². The van der Waals surface area contributed by atoms with Gasteiger partial charge in [0, 0.05) is 12.8 Å². The Labute approximate surface area is 199 Å². The molecule has 22 heteroatoms. The second kappa shape index (κ2) is 11.1. The normalized spacial score (nSPS) is 15.1. The third-order valence-corrected chi connectivity index (χ3v) is 4.36. The molecule has 2 N–H and O–H groups in total. The van der Waals surface area contributed by atoms with Gasteiger partial charge in [-0.2, -0.15) is 70.2 Å². The number of unbranched alkanes of at least 4 members (excludes halogenated alkanes) is 3. The molecule has 0 aromatic heterocycles. The lowest BCUT2D eigenvalue weighted by atomic mass is 10.0. The average Bonchev–Trinajstić information content (AvgIpc) is 2.68. The summed E-state index contributed by atoms with van der Waals surface area (Å²) in [7, 11) is 0. The summed E-state index contributed by atoms with van der Waals surface area (Å²) >= 11 is 0. The molecular weight excluding hydrogens is 592 g/mol. The Morgan fingerprint density at radius 2 is 0.684 bits per heavy atom. The highest BCUT2D eigenvalue weighted by Crippen LogP contribution is 2.48. The number of carboxylic acid groups (broad SMARTS) is 2. The number of carbonyl (C=O) groups is 2. The first-order valence-electron chi connectivity index (χ1n) is 9.40. The molecule has 0 unspecified atom stereocenters. The molecule has 0 rings (SSSR count). The minimum Gasteiger partial charge on any atom is -0.477 e. The van der Waals surface area contributed by atoms with E-state index >= 15 is 0 Å². The van der Waals surface area contributed by atoms with E-state index in [0.717, 1.165) is 0 Å². The summed E-state index contributed by atoms with van der Waals surface area (Å²) < 4.78 is 214. The van der Waals surface area contributed by atoms with E-state index in [0.29, 0.717) is 0 Å². The van der Waals surface area contributed by atoms with Crippen molar-refractivity contribution in [2.75, 3.05) is 0 Å². The van der Waals surface area contributed by atoms with E-state index in [4.69, 9.17) is 10.2 Å². The van der Waals surface area contributed by atoms with Crippen molar-refractivity contribution in [1.82, 2.24) is 0 Å². The van der Waals surface area contributed by atoms with Crippen LogP contribution < -0.4 is 0 Å². The van der Waals surface area contributed by atoms with Crippen molar-refractivity contribution < 1.29 is 99.5 Å². The maximum absolute atomic E-state index is 13.5. The monoisotopic (exact) mass is 606 g/mol. The molecule has 0 fully saturated rings. The molecule has 0 spiro atoms. The molecule has 0 aromatic rings. The highest BCUT2D eigenvalue weighted by atomic mass is 19.4. The number of halogens is 16. The molecule has 0 aliphatic rings. The molecular formula is C16H14F16O6. The molecule has 0 atom stereocenters. The standard InChI is InChI=1S/C16H14F16O6/c17-9(18,13(25,26)37-15(29,30)11(21,22)7(33)34)5-3-1-2-4-6-10(19,20)14(27,28)38-16(31,32)12(23,24)8(35)36/h1-6H2,(H,33,34)(H,35,36). The second-order valence-corrected chi connectivity index (χ2v) is 7.35. The van der Waals surface area contributed by atoms with Crippen molar-refractivity contribution in [1.29, 1.82) is 0 Å². The predicted octanol–water partition coefficient (Wildman–Crippen LogP) is 6.44. The molecule has 0 heterocycles. The summed E-state index contributed by atoms with van der Waals surface area (Å²) in [5.74, 6) is -31.6. The number of aliphatic carboxylic acids is 2. The van der Waals surface area contributed by atoms with Crippen LogP contribution in [0.15, 0.2) is 0 Å². The smallest absolute Gasteiger partial charge is 0.435 e. The maximum atomic E-state index is 13.5. The number of alkyl halides is 16. The zero-order chi connectivity index (χ0) is 30.8. The largest absolute Gasteiger partial charge is 0.477 e. The van der Waals surface area contributed by atoms with Gasteiger partial charge in [-0.25, -0.2) is 19.1 Å². The quantitative estimate of drug-likeness (QED) is 0.146. The second-order valence-electron chi connectivity index (χ2n) is 7.35. The molecule has 0 aromatic carbocycles. The Hall–Kier alpha value is -2.26. The van der Waals surface area contributed by atoms with Crippen molar-refractivity contribution in [3.63, 3.8) is 0 Å². The van der Waals surface area contributed by atoms with Crippen molar-refractivity contribution in [3.8, 4) is 0 Å². The Kier molecular flexibility index (Phi) is 10.4. The predicted molar refractivity (Wildman–Crippen MR) is 84.7 cm³/mol. The van der Waals surface area contributed by atoms with Gasteiger partial charge in [-0.05, 0) is 12.8 Å². The maximum Gasteiger partial charge on any atom is 0.435 e. The first kappa shape index (κ1) is 35.7. The molecule has 0 bridgehead atoms. The van der Waals surface area contributed by atoms with Gasteiger partial charge in [0.15, 0.2) is 0 Å². The van der Waals surface area contributed by atoms with Crippen molar-refractivity contribution in [3.05, 3.63) is 0 Å². The Morgan fingerprint density at radius 1 is 0.447 bits per heavy atom. The Morgan fingerprint density at radius 3 is 0.895 bits per heavy atom. The van der Waals surface area contributed by atoms with E-state index < -0.39 is 98.6 Å². The lowest BCUT2D eigenvalue weighted by Gasteiger charge is -2.31. The van der Waals surface area contributed by atoms with Crippen LogP contribution in [0, 0.1) is 0 Å². The highest BCUT2D eigenvalue weighted by Gasteiger charge is 2.73. The average molecular weight is 606 g/mol. The van der Waals surface area contributed by atoms with Crippen molar-refractivity contribution in [2.24, 2.45) is 0 Å². The van der Waals surface area contributed by atoms with Crippen LogP contribution in [-0.2, 0) is 19.1 Å². The summed E-state index contributed by atoms with van der Waals surface area (Å²) in [6.45, 7) is 0. The Bertz CT molecular complexity index is 776. The third-order valence-electron chi connectivity index (χ3n) is 4.36. The summed E-state index contributed by atoms with van der Waals surface area (Å²) in [6, 6.07) is 0. The molecule has 0 aliphatic heterocycles. The van der Waals surface area contributed by atoms with Crippen LogP contribution in [0.3, 0.4) is 0 Å². The summed E-state index contributed by atoms with van der Waals surface area (Å²) in [5, 5.41) is 15.8. The first-order chi connectivity index (χ1) is 16.5. The highest BCUT2D eigenvalue weighted by molar-refractivity contribution is 5.76. The SMILES string of the molecule is O=C(O)C(F)(F)C(F)(F)OC(F)(F)C(F)(F)CCCCCCC(F)(F)C(F)(F)OC(F)(F)C(F)(F)C(=O)O. The van der Waals surface area contributed by atoms with Gasteiger partial charge in [0.05, 0.1) is 0 Å². The summed E-state index contributed by atoms with van der Waals surface area (Å²) in [4.78, 5) is 20.0. The minimum atomic E-state index is -6.64. The van der Waals surface area contributed by atoms with Crippen LogP contribution >= 0.6 is 0 Å². The van der Waals surface area contributed by atoms with Gasteiger partial charge in [-0.1, -0.05) is 12.8 Å². The molecule has 0 saturated heterocycles. The van der Waals surface area contributed by atoms with Crippen molar-refractivity contribution >= 4 is 11.9 Å². The van der Waals surface area contributed by atoms with Gasteiger partial charge in [-0.3, -0.25) is 0 Å². The van der Waals surface area contributed by atoms with Crippen LogP contribution in [0.25, 0.3) is 0 Å². The lowest BCUT2D eigenvalue weighted by molar-refractivity contribution is -0.462. The van der Waals surface area contributed by atoms with Crippen molar-refractivity contribution in [2.45, 2.75) is 86.6 Å². The van der Waals surface area contributed by atoms with Crippen LogP contribution in [0.1, 0.15) is 38.5 Å². The molecule has 226 valence electrons. The zero-order valence-electron chi connectivity index (χ0n) is 17.8. The summed E-state index contributed by atoms with van der Waals surface area (Å²) in [6.07, 6.45) is -34.8. The van der Waals surface area contributed by atoms with Crippen LogP contribution in [-0.4, -0.2) is 70.3 Å². The molecule has 0 radical (unpaired) electrons. The van der Waals surface area contributed by atoms with E-state index in [-0.39, 0.29) is 0 Å². The number of hydrogen-bond acceptors (Lipinski definition) is 4. The topological polar surface area (TPSA) is 93.1 Å². The Balaban J connectivity index is 5.00. The van der Waals surface area contributed by atoms with Crippen LogP contribution in [0.4, 0.5) is 70.2 Å². The molecule has 6 nitrogen and oxygen atoms in total. The van der Waals surface area contributed by atoms with E-state index in [9.17, 15) is 79.8 Å². The molecule has 38 heavy (non-hydrogen) atoms. The van der Waals surface area contributed by atoms with E-state index in [1.807, 2.05) is 0 Å². The van der Waals surface area contributed by atoms with E-state index in [1.165, 1.54) is 0 Å². The van der Waals surface area contributed by atoms with Gasteiger partial charge in [0.2, 0.25) is 0 Å². The number of hydrogen-bond donors (Lipinski definition) is 2. The van der Waals surface area contributed by atoms with Gasteiger partial charge in [-0.15, -0.1) is 0 Å². The number of rotatable bonds is 17. The zero-order valence-corrected chi connectivity index (χ0v) is 17.8. The third kappa shape index (κ3) is 7.65. The fourth-order valence-corrected chi connectivity index (χ4v) is 2.19. The fourth-order valence-electron chi connectivity index (χ4n) is 2.19. The first-order valence-corrected chi connectivity index (χ1v) is 9.40. The van der Waals surface area contributed by atoms with Gasteiger partial charge < -0.3 is 10.2 Å². The van der Waals surface area contributed by atoms with Gasteiger partial charge in [0.25, 0.3) is 0 Å². The number of carboxylic acids is 2. The van der Waals surface area contributed by atoms with Crippen LogP contribution in [0.5, 0.6) is 0 Å². The molecule has 0 amide bonds. The summed E-state index contributed by atoms with van der Waals surface area (Å²) in [5.41, 5.74) is 0. The molecule has 0 saturated carbocycles. The minimum absolute atomic E-state index is 0.886. The number of ether oxygens (including phenoxy) is 2. The van der Waals surface area contributed by atoms with E-state index in [2.05, 4.69) is 9.47 Å².